The van der Waals surface area contributed by atoms with E-state index in [1.165, 1.54) is 10.1 Å². The molecule has 3 rings (SSSR count). The van der Waals surface area contributed by atoms with Crippen LogP contribution in [0, 0.1) is 0 Å². The molecule has 1 unspecified atom stereocenters. The highest BCUT2D eigenvalue weighted by Gasteiger charge is 2.12. The van der Waals surface area contributed by atoms with Crippen LogP contribution in [0.4, 0.5) is 0 Å². The molecule has 0 saturated carbocycles. The van der Waals surface area contributed by atoms with Gasteiger partial charge in [-0.15, -0.1) is 11.3 Å². The summed E-state index contributed by atoms with van der Waals surface area (Å²) in [5, 5.41) is 9.94. The SMILES string of the molecule is O=C(O)CS(=O)Cc1ccccc1-c1cc2ccccc2s1. The van der Waals surface area contributed by atoms with Gasteiger partial charge < -0.3 is 5.11 Å². The fraction of sp³-hybridized carbons (Fsp3) is 0.118. The van der Waals surface area contributed by atoms with Gasteiger partial charge in [0.25, 0.3) is 0 Å². The standard InChI is InChI=1S/C17H14O3S2/c18-17(19)11-22(20)10-13-6-1-3-7-14(13)16-9-12-5-2-4-8-15(12)21-16/h1-9H,10-11H2,(H,18,19). The van der Waals surface area contributed by atoms with Gasteiger partial charge in [0.2, 0.25) is 0 Å². The van der Waals surface area contributed by atoms with Crippen molar-refractivity contribution in [1.82, 2.24) is 0 Å². The van der Waals surface area contributed by atoms with Gasteiger partial charge in [-0.25, -0.2) is 0 Å². The summed E-state index contributed by atoms with van der Waals surface area (Å²) in [7, 11) is -1.40. The second-order valence-electron chi connectivity index (χ2n) is 4.93. The molecular weight excluding hydrogens is 316 g/mol. The number of thiophene rings is 1. The number of benzene rings is 2. The first-order valence-electron chi connectivity index (χ1n) is 6.77. The molecule has 0 aliphatic carbocycles. The Balaban J connectivity index is 1.97. The van der Waals surface area contributed by atoms with Gasteiger partial charge in [0, 0.05) is 26.1 Å². The van der Waals surface area contributed by atoms with Crippen LogP contribution in [-0.2, 0) is 21.3 Å². The summed E-state index contributed by atoms with van der Waals surface area (Å²) < 4.78 is 13.1. The summed E-state index contributed by atoms with van der Waals surface area (Å²) >= 11 is 1.69. The highest BCUT2D eigenvalue weighted by atomic mass is 32.2. The number of carboxylic acids is 1. The van der Waals surface area contributed by atoms with E-state index in [2.05, 4.69) is 18.2 Å². The molecule has 112 valence electrons. The first kappa shape index (κ1) is 14.9. The molecule has 1 heterocycles. The second kappa shape index (κ2) is 6.42. The van der Waals surface area contributed by atoms with E-state index >= 15 is 0 Å². The van der Waals surface area contributed by atoms with Crippen LogP contribution in [0.15, 0.2) is 54.6 Å². The molecule has 0 fully saturated rings. The van der Waals surface area contributed by atoms with Crippen LogP contribution < -0.4 is 0 Å². The quantitative estimate of drug-likeness (QED) is 0.772. The van der Waals surface area contributed by atoms with E-state index in [-0.39, 0.29) is 11.5 Å². The van der Waals surface area contributed by atoms with Crippen LogP contribution >= 0.6 is 11.3 Å². The Kier molecular flexibility index (Phi) is 4.36. The Morgan fingerprint density at radius 1 is 1.09 bits per heavy atom. The van der Waals surface area contributed by atoms with Crippen molar-refractivity contribution in [2.45, 2.75) is 5.75 Å². The molecule has 0 spiro atoms. The zero-order valence-corrected chi connectivity index (χ0v) is 13.3. The number of hydrogen-bond donors (Lipinski definition) is 1. The monoisotopic (exact) mass is 330 g/mol. The first-order chi connectivity index (χ1) is 10.6. The molecule has 1 aromatic heterocycles. The third-order valence-corrected chi connectivity index (χ3v) is 5.66. The molecule has 0 radical (unpaired) electrons. The summed E-state index contributed by atoms with van der Waals surface area (Å²) in [5.74, 6) is -1.09. The highest BCUT2D eigenvalue weighted by molar-refractivity contribution is 7.84. The minimum atomic E-state index is -1.40. The Bertz CT molecular complexity index is 819. The first-order valence-corrected chi connectivity index (χ1v) is 9.07. The Morgan fingerprint density at radius 3 is 2.59 bits per heavy atom. The van der Waals surface area contributed by atoms with Gasteiger partial charge in [0.1, 0.15) is 5.75 Å². The Morgan fingerprint density at radius 2 is 1.82 bits per heavy atom. The molecule has 3 aromatic rings. The number of carboxylic acid groups (broad SMARTS) is 1. The smallest absolute Gasteiger partial charge is 0.316 e. The van der Waals surface area contributed by atoms with Crippen LogP contribution in [0.2, 0.25) is 0 Å². The summed E-state index contributed by atoms with van der Waals surface area (Å²) in [6.07, 6.45) is 0. The van der Waals surface area contributed by atoms with Crippen molar-refractivity contribution >= 4 is 38.2 Å². The van der Waals surface area contributed by atoms with Gasteiger partial charge >= 0.3 is 5.97 Å². The van der Waals surface area contributed by atoms with Crippen LogP contribution in [-0.4, -0.2) is 21.0 Å². The zero-order valence-electron chi connectivity index (χ0n) is 11.7. The average Bonchev–Trinajstić information content (AvgIpc) is 2.90. The summed E-state index contributed by atoms with van der Waals surface area (Å²) in [4.78, 5) is 11.8. The van der Waals surface area contributed by atoms with Crippen molar-refractivity contribution in [2.75, 3.05) is 5.75 Å². The van der Waals surface area contributed by atoms with Crippen molar-refractivity contribution in [1.29, 1.82) is 0 Å². The van der Waals surface area contributed by atoms with Gasteiger partial charge in [0.05, 0.1) is 0 Å². The van der Waals surface area contributed by atoms with E-state index < -0.39 is 16.8 Å². The van der Waals surface area contributed by atoms with Crippen molar-refractivity contribution in [2.24, 2.45) is 0 Å². The lowest BCUT2D eigenvalue weighted by Crippen LogP contribution is -2.11. The summed E-state index contributed by atoms with van der Waals surface area (Å²) in [6, 6.07) is 18.0. The maximum absolute atomic E-state index is 11.9. The molecule has 1 N–H and O–H groups in total. The number of hydrogen-bond acceptors (Lipinski definition) is 3. The molecule has 0 aliphatic rings. The lowest BCUT2D eigenvalue weighted by Gasteiger charge is -2.07. The van der Waals surface area contributed by atoms with E-state index in [9.17, 15) is 9.00 Å². The van der Waals surface area contributed by atoms with Gasteiger partial charge in [0.15, 0.2) is 0 Å². The topological polar surface area (TPSA) is 54.4 Å². The van der Waals surface area contributed by atoms with Crippen molar-refractivity contribution < 1.29 is 14.1 Å². The number of rotatable bonds is 5. The number of aliphatic carboxylic acids is 1. The molecule has 0 amide bonds. The van der Waals surface area contributed by atoms with Crippen LogP contribution in [0.25, 0.3) is 20.5 Å². The molecule has 22 heavy (non-hydrogen) atoms. The number of carbonyl (C=O) groups is 1. The van der Waals surface area contributed by atoms with Crippen molar-refractivity contribution in [3.8, 4) is 10.4 Å². The predicted octanol–water partition coefficient (Wildman–Crippen LogP) is 3.90. The van der Waals surface area contributed by atoms with Gasteiger partial charge in [-0.1, -0.05) is 42.5 Å². The third-order valence-electron chi connectivity index (χ3n) is 3.31. The molecule has 1 atom stereocenters. The second-order valence-corrected chi connectivity index (χ2v) is 7.47. The third kappa shape index (κ3) is 3.26. The Hall–Kier alpha value is -1.98. The Labute approximate surface area is 134 Å². The molecule has 3 nitrogen and oxygen atoms in total. The van der Waals surface area contributed by atoms with E-state index in [1.54, 1.807) is 11.3 Å². The maximum atomic E-state index is 11.9. The lowest BCUT2D eigenvalue weighted by molar-refractivity contribution is -0.133. The van der Waals surface area contributed by atoms with Crippen LogP contribution in [0.3, 0.4) is 0 Å². The molecule has 5 heteroatoms. The molecule has 0 saturated heterocycles. The zero-order chi connectivity index (χ0) is 15.5. The summed E-state index contributed by atoms with van der Waals surface area (Å²) in [5.41, 5.74) is 1.95. The van der Waals surface area contributed by atoms with Crippen molar-refractivity contribution in [3.63, 3.8) is 0 Å². The van der Waals surface area contributed by atoms with Crippen LogP contribution in [0.1, 0.15) is 5.56 Å². The molecule has 0 bridgehead atoms. The predicted molar refractivity (Wildman–Crippen MR) is 91.6 cm³/mol. The number of fused-ring (bicyclic) bond motifs is 1. The normalized spacial score (nSPS) is 12.4. The van der Waals surface area contributed by atoms with Gasteiger partial charge in [-0.05, 0) is 28.6 Å². The molecule has 2 aromatic carbocycles. The fourth-order valence-electron chi connectivity index (χ4n) is 2.36. The molecule has 0 aliphatic heterocycles. The maximum Gasteiger partial charge on any atom is 0.316 e. The fourth-order valence-corrected chi connectivity index (χ4v) is 4.46. The average molecular weight is 330 g/mol. The highest BCUT2D eigenvalue weighted by Crippen LogP contribution is 2.35. The van der Waals surface area contributed by atoms with E-state index in [1.807, 2.05) is 36.4 Å². The van der Waals surface area contributed by atoms with Crippen LogP contribution in [0.5, 0.6) is 0 Å². The molecular formula is C17H14O3S2. The minimum Gasteiger partial charge on any atom is -0.481 e. The van der Waals surface area contributed by atoms with E-state index in [0.29, 0.717) is 0 Å². The largest absolute Gasteiger partial charge is 0.481 e. The minimum absolute atomic E-state index is 0.261. The van der Waals surface area contributed by atoms with Gasteiger partial charge in [-0.3, -0.25) is 9.00 Å². The lowest BCUT2D eigenvalue weighted by atomic mass is 10.1. The van der Waals surface area contributed by atoms with Crippen molar-refractivity contribution in [3.05, 3.63) is 60.2 Å². The van der Waals surface area contributed by atoms with E-state index in [4.69, 9.17) is 5.11 Å². The van der Waals surface area contributed by atoms with Gasteiger partial charge in [-0.2, -0.15) is 0 Å². The summed E-state index contributed by atoms with van der Waals surface area (Å²) in [6.45, 7) is 0. The van der Waals surface area contributed by atoms with E-state index in [0.717, 1.165) is 16.0 Å².